The van der Waals surface area contributed by atoms with Crippen molar-refractivity contribution in [1.29, 1.82) is 0 Å². The molecule has 5 rings (SSSR count). The molecule has 0 saturated heterocycles. The Kier molecular flexibility index (Phi) is 6.14. The van der Waals surface area contributed by atoms with Crippen LogP contribution in [0.4, 0.5) is 0 Å². The predicted octanol–water partition coefficient (Wildman–Crippen LogP) is 1.12. The molecule has 0 aliphatic heterocycles. The Balaban J connectivity index is 0.00000245. The van der Waals surface area contributed by atoms with E-state index in [4.69, 9.17) is 4.42 Å². The van der Waals surface area contributed by atoms with E-state index in [-0.39, 0.29) is 23.6 Å². The Morgan fingerprint density at radius 1 is 0.656 bits per heavy atom. The van der Waals surface area contributed by atoms with Crippen LogP contribution in [0.25, 0.3) is 11.0 Å². The molecule has 0 aliphatic carbocycles. The van der Waals surface area contributed by atoms with Crippen molar-refractivity contribution in [3.05, 3.63) is 126 Å². The van der Waals surface area contributed by atoms with Gasteiger partial charge in [-0.2, -0.15) is 0 Å². The number of hydrogen-bond donors (Lipinski definition) is 1. The van der Waals surface area contributed by atoms with Crippen molar-refractivity contribution in [2.45, 2.75) is 0 Å². The molecule has 0 aliphatic rings. The van der Waals surface area contributed by atoms with E-state index in [2.05, 4.69) is 36.4 Å². The summed E-state index contributed by atoms with van der Waals surface area (Å²) in [6.45, 7) is 0. The van der Waals surface area contributed by atoms with Crippen LogP contribution in [0.15, 0.2) is 125 Å². The Morgan fingerprint density at radius 2 is 1.12 bits per heavy atom. The SMILES string of the molecule is O=c1c([P+](c2ccccc2)(c2ccccc2)c2ccccc2)coc2cc(O)ccc12.[Cl-]. The Hall–Kier alpha value is -3.39. The number of phenolic OH excluding ortho intramolecular Hbond substituents is 1. The standard InChI is InChI=1S/C27H19O3P.ClH/c28-20-16-17-24-25(18-20)30-19-26(27(24)29)31(21-10-4-1-5-11-21,22-12-6-2-7-13-22)23-14-8-3-9-15-23;/h1-19H;1H. The van der Waals surface area contributed by atoms with E-state index in [9.17, 15) is 9.90 Å². The molecule has 4 aromatic carbocycles. The molecule has 3 nitrogen and oxygen atoms in total. The fourth-order valence-electron chi connectivity index (χ4n) is 4.16. The Labute approximate surface area is 192 Å². The van der Waals surface area contributed by atoms with Gasteiger partial charge in [0.2, 0.25) is 5.43 Å². The quantitative estimate of drug-likeness (QED) is 0.411. The van der Waals surface area contributed by atoms with Crippen LogP contribution in [0.3, 0.4) is 0 Å². The molecule has 0 saturated carbocycles. The van der Waals surface area contributed by atoms with Crippen LogP contribution in [0, 0.1) is 0 Å². The molecule has 0 bridgehead atoms. The lowest BCUT2D eigenvalue weighted by atomic mass is 10.2. The van der Waals surface area contributed by atoms with Crippen LogP contribution in [0.2, 0.25) is 0 Å². The molecule has 1 heterocycles. The maximum atomic E-state index is 13.9. The van der Waals surface area contributed by atoms with E-state index in [1.54, 1.807) is 12.3 Å². The summed E-state index contributed by atoms with van der Waals surface area (Å²) in [5.41, 5.74) is 0.298. The highest BCUT2D eigenvalue weighted by atomic mass is 35.5. The van der Waals surface area contributed by atoms with Crippen LogP contribution in [-0.4, -0.2) is 5.11 Å². The van der Waals surface area contributed by atoms with Gasteiger partial charge in [0, 0.05) is 6.07 Å². The summed E-state index contributed by atoms with van der Waals surface area (Å²) in [4.78, 5) is 13.9. The highest BCUT2D eigenvalue weighted by Crippen LogP contribution is 2.53. The smallest absolute Gasteiger partial charge is 0.235 e. The van der Waals surface area contributed by atoms with E-state index in [1.807, 2.05) is 54.6 Å². The van der Waals surface area contributed by atoms with Gasteiger partial charge in [-0.15, -0.1) is 0 Å². The van der Waals surface area contributed by atoms with E-state index in [0.717, 1.165) is 15.9 Å². The lowest BCUT2D eigenvalue weighted by molar-refractivity contribution is -0.00000742. The fourth-order valence-corrected chi connectivity index (χ4v) is 8.38. The molecule has 5 aromatic rings. The van der Waals surface area contributed by atoms with Crippen LogP contribution in [0.5, 0.6) is 5.75 Å². The van der Waals surface area contributed by atoms with E-state index >= 15 is 0 Å². The number of fused-ring (bicyclic) bond motifs is 1. The number of halogens is 1. The third kappa shape index (κ3) is 3.50. The summed E-state index contributed by atoms with van der Waals surface area (Å²) in [6.07, 6.45) is 1.59. The van der Waals surface area contributed by atoms with Crippen LogP contribution in [-0.2, 0) is 0 Å². The second-order valence-corrected chi connectivity index (χ2v) is 10.7. The molecule has 32 heavy (non-hydrogen) atoms. The number of phenols is 1. The summed E-state index contributed by atoms with van der Waals surface area (Å²) < 4.78 is 5.94. The molecule has 0 atom stereocenters. The lowest BCUT2D eigenvalue weighted by Gasteiger charge is -2.26. The molecular formula is C27H20ClO3P. The molecule has 0 amide bonds. The highest BCUT2D eigenvalue weighted by molar-refractivity contribution is 8.01. The van der Waals surface area contributed by atoms with E-state index in [0.29, 0.717) is 16.3 Å². The summed E-state index contributed by atoms with van der Waals surface area (Å²) in [5, 5.41) is 14.2. The maximum absolute atomic E-state index is 13.9. The molecule has 1 aromatic heterocycles. The predicted molar refractivity (Wildman–Crippen MR) is 129 cm³/mol. The molecule has 0 unspecified atom stereocenters. The molecule has 0 radical (unpaired) electrons. The summed E-state index contributed by atoms with van der Waals surface area (Å²) >= 11 is 0. The molecule has 5 heteroatoms. The van der Waals surface area contributed by atoms with Gasteiger partial charge in [-0.1, -0.05) is 54.6 Å². The topological polar surface area (TPSA) is 50.4 Å². The number of benzene rings is 4. The minimum Gasteiger partial charge on any atom is -1.00 e. The van der Waals surface area contributed by atoms with Gasteiger partial charge < -0.3 is 21.9 Å². The summed E-state index contributed by atoms with van der Waals surface area (Å²) in [6, 6.07) is 35.2. The molecule has 0 spiro atoms. The van der Waals surface area contributed by atoms with Crippen LogP contribution >= 0.6 is 7.26 Å². The number of hydrogen-bond acceptors (Lipinski definition) is 3. The van der Waals surface area contributed by atoms with Crippen molar-refractivity contribution in [3.63, 3.8) is 0 Å². The third-order valence-electron chi connectivity index (χ3n) is 5.53. The first kappa shape index (κ1) is 21.8. The second-order valence-electron chi connectivity index (χ2n) is 7.31. The van der Waals surface area contributed by atoms with Gasteiger partial charge in [-0.25, -0.2) is 0 Å². The van der Waals surface area contributed by atoms with Gasteiger partial charge >= 0.3 is 0 Å². The van der Waals surface area contributed by atoms with Gasteiger partial charge in [0.25, 0.3) is 0 Å². The Morgan fingerprint density at radius 3 is 1.59 bits per heavy atom. The molecule has 1 N–H and O–H groups in total. The zero-order chi connectivity index (χ0) is 21.3. The van der Waals surface area contributed by atoms with Crippen molar-refractivity contribution in [2.75, 3.05) is 0 Å². The monoisotopic (exact) mass is 458 g/mol. The van der Waals surface area contributed by atoms with E-state index in [1.165, 1.54) is 12.1 Å². The molecular weight excluding hydrogens is 439 g/mol. The molecule has 158 valence electrons. The van der Waals surface area contributed by atoms with Crippen LogP contribution < -0.4 is 39.1 Å². The summed E-state index contributed by atoms with van der Waals surface area (Å²) in [7, 11) is -2.53. The normalized spacial score (nSPS) is 11.1. The number of rotatable bonds is 4. The lowest BCUT2D eigenvalue weighted by Crippen LogP contribution is -3.00. The van der Waals surface area contributed by atoms with Crippen molar-refractivity contribution >= 4 is 39.4 Å². The third-order valence-corrected chi connectivity index (χ3v) is 9.78. The first-order valence-corrected chi connectivity index (χ1v) is 11.8. The first-order chi connectivity index (χ1) is 15.2. The van der Waals surface area contributed by atoms with Gasteiger partial charge in [-0.05, 0) is 48.5 Å². The van der Waals surface area contributed by atoms with Crippen molar-refractivity contribution < 1.29 is 21.9 Å². The van der Waals surface area contributed by atoms with Crippen molar-refractivity contribution in [3.8, 4) is 5.75 Å². The first-order valence-electron chi connectivity index (χ1n) is 10.0. The van der Waals surface area contributed by atoms with Gasteiger partial charge in [0.15, 0.2) is 12.6 Å². The number of aromatic hydroxyl groups is 1. The largest absolute Gasteiger partial charge is 1.00 e. The van der Waals surface area contributed by atoms with E-state index < -0.39 is 7.26 Å². The molecule has 0 fully saturated rings. The van der Waals surface area contributed by atoms with Crippen molar-refractivity contribution in [1.82, 2.24) is 0 Å². The summed E-state index contributed by atoms with van der Waals surface area (Å²) in [5.74, 6) is 0.0682. The van der Waals surface area contributed by atoms with Gasteiger partial charge in [0.1, 0.15) is 33.5 Å². The maximum Gasteiger partial charge on any atom is 0.235 e. The van der Waals surface area contributed by atoms with Crippen LogP contribution in [0.1, 0.15) is 0 Å². The zero-order valence-electron chi connectivity index (χ0n) is 17.1. The zero-order valence-corrected chi connectivity index (χ0v) is 18.7. The minimum absolute atomic E-state index is 0. The fraction of sp³-hybridized carbons (Fsp3) is 0. The second kappa shape index (κ2) is 9.00. The van der Waals surface area contributed by atoms with Crippen molar-refractivity contribution in [2.24, 2.45) is 0 Å². The average molecular weight is 459 g/mol. The van der Waals surface area contributed by atoms with Gasteiger partial charge in [0.05, 0.1) is 5.39 Å². The highest BCUT2D eigenvalue weighted by Gasteiger charge is 2.50. The Bertz CT molecular complexity index is 1300. The minimum atomic E-state index is -2.53. The van der Waals surface area contributed by atoms with Gasteiger partial charge in [-0.3, -0.25) is 4.79 Å². The average Bonchev–Trinajstić information content (AvgIpc) is 2.83.